The molecule has 0 saturated carbocycles. The first-order valence-corrected chi connectivity index (χ1v) is 17.9. The van der Waals surface area contributed by atoms with Gasteiger partial charge in [-0.2, -0.15) is 0 Å². The number of amides is 2. The van der Waals surface area contributed by atoms with E-state index in [2.05, 4.69) is 22.1 Å². The van der Waals surface area contributed by atoms with Crippen molar-refractivity contribution in [3.05, 3.63) is 75.7 Å². The molecular formula is C40H49N5O6. The molecule has 1 aromatic heterocycles. The molecular weight excluding hydrogens is 646 g/mol. The van der Waals surface area contributed by atoms with Gasteiger partial charge in [0.1, 0.15) is 11.9 Å². The highest BCUT2D eigenvalue weighted by molar-refractivity contribution is 5.87. The number of nitrogens with zero attached hydrogens (tertiary/aromatic N) is 3. The van der Waals surface area contributed by atoms with Crippen LogP contribution in [0.15, 0.2) is 53.3 Å². The number of likely N-dealkylation sites (tertiary alicyclic amines) is 1. The Labute approximate surface area is 299 Å². The summed E-state index contributed by atoms with van der Waals surface area (Å²) < 4.78 is 19.4. The van der Waals surface area contributed by atoms with Crippen LogP contribution in [0.25, 0.3) is 22.2 Å². The molecule has 1 saturated heterocycles. The van der Waals surface area contributed by atoms with Crippen LogP contribution in [0.2, 0.25) is 0 Å². The number of imidazole rings is 1. The molecule has 270 valence electrons. The third kappa shape index (κ3) is 6.73. The van der Waals surface area contributed by atoms with Crippen molar-refractivity contribution in [3.8, 4) is 28.4 Å². The van der Waals surface area contributed by atoms with E-state index in [1.807, 2.05) is 55.3 Å². The predicted molar refractivity (Wildman–Crippen MR) is 199 cm³/mol. The normalized spacial score (nSPS) is 18.1. The van der Waals surface area contributed by atoms with Gasteiger partial charge in [-0.3, -0.25) is 14.4 Å². The van der Waals surface area contributed by atoms with Gasteiger partial charge in [-0.15, -0.1) is 0 Å². The fourth-order valence-electron chi connectivity index (χ4n) is 7.78. The predicted octanol–water partition coefficient (Wildman–Crippen LogP) is 6.33. The molecule has 4 aromatic rings. The number of ether oxygens (including phenoxy) is 3. The number of anilines is 1. The fraction of sp³-hybridized carbons (Fsp3) is 0.450. The van der Waals surface area contributed by atoms with Gasteiger partial charge in [0.05, 0.1) is 50.1 Å². The lowest BCUT2D eigenvalue weighted by Gasteiger charge is -2.39. The van der Waals surface area contributed by atoms with E-state index in [4.69, 9.17) is 19.2 Å². The number of carbonyl (C=O) groups is 2. The molecule has 11 nitrogen and oxygen atoms in total. The summed E-state index contributed by atoms with van der Waals surface area (Å²) in [5.41, 5.74) is 5.07. The number of rotatable bonds is 10. The third-order valence-electron chi connectivity index (χ3n) is 10.6. The van der Waals surface area contributed by atoms with Crippen molar-refractivity contribution in [2.75, 3.05) is 33.2 Å². The molecule has 1 aliphatic heterocycles. The van der Waals surface area contributed by atoms with E-state index in [9.17, 15) is 14.4 Å². The van der Waals surface area contributed by atoms with Gasteiger partial charge in [0.25, 0.3) is 0 Å². The number of hydrogen-bond acceptors (Lipinski definition) is 8. The summed E-state index contributed by atoms with van der Waals surface area (Å²) in [4.78, 5) is 48.3. The fourth-order valence-corrected chi connectivity index (χ4v) is 7.78. The summed E-state index contributed by atoms with van der Waals surface area (Å²) in [6.07, 6.45) is 4.60. The highest BCUT2D eigenvalue weighted by Gasteiger charge is 2.37. The van der Waals surface area contributed by atoms with E-state index in [0.29, 0.717) is 47.9 Å². The van der Waals surface area contributed by atoms with Crippen molar-refractivity contribution in [1.82, 2.24) is 19.8 Å². The molecule has 3 aromatic carbocycles. The van der Waals surface area contributed by atoms with E-state index in [1.165, 1.54) is 6.92 Å². The maximum Gasteiger partial charge on any atom is 0.245 e. The van der Waals surface area contributed by atoms with Crippen LogP contribution in [-0.4, -0.2) is 60.2 Å². The lowest BCUT2D eigenvalue weighted by atomic mass is 9.94. The Kier molecular flexibility index (Phi) is 10.5. The Hall–Kier alpha value is -5.06. The second kappa shape index (κ2) is 15.0. The average Bonchev–Trinajstić information content (AvgIpc) is 3.29. The molecule has 2 N–H and O–H groups in total. The molecule has 11 heteroatoms. The zero-order valence-electron chi connectivity index (χ0n) is 30.7. The Balaban J connectivity index is 1.44. The van der Waals surface area contributed by atoms with Gasteiger partial charge in [0.2, 0.25) is 23.0 Å². The summed E-state index contributed by atoms with van der Waals surface area (Å²) in [5.74, 6) is 2.00. The molecule has 4 atom stereocenters. The minimum Gasteiger partial charge on any atom is -0.493 e. The first-order chi connectivity index (χ1) is 24.6. The highest BCUT2D eigenvalue weighted by Crippen LogP contribution is 2.50. The number of carbonyl (C=O) groups excluding carboxylic acids is 2. The van der Waals surface area contributed by atoms with Gasteiger partial charge >= 0.3 is 0 Å². The molecule has 4 unspecified atom stereocenters. The summed E-state index contributed by atoms with van der Waals surface area (Å²) >= 11 is 0. The first-order valence-electron chi connectivity index (χ1n) is 17.9. The van der Waals surface area contributed by atoms with Crippen molar-refractivity contribution in [2.24, 2.45) is 13.0 Å². The standard InChI is InChI=1S/C40H49N5O6/c1-8-23(2)36(40(48)45-20-12-11-15-32(45)39-43-29-13-9-10-14-31(29)44(39)4)42-30-19-17-26-27(22-33(30)47)28(41-24(3)46)18-16-25-21-34(49-5)37(50-6)38(51-7)35(25)26/h9-10,13-14,17,19,21-23,28,32,36H,8,11-12,15-16,18,20H2,1-7H3,(H,41,46)(H,42,47). The SMILES string of the molecule is CCC(C)C(Nc1ccc2c(cc1=O)C(NC(C)=O)CCc1cc(OC)c(OC)c(OC)c1-2)C(=O)N1CCCCC1c1nc2ccccc2n1C. The first kappa shape index (κ1) is 35.8. The van der Waals surface area contributed by atoms with Crippen molar-refractivity contribution in [1.29, 1.82) is 0 Å². The maximum absolute atomic E-state index is 14.7. The number of aryl methyl sites for hydroxylation is 2. The zero-order valence-corrected chi connectivity index (χ0v) is 30.7. The van der Waals surface area contributed by atoms with Crippen LogP contribution in [0.3, 0.4) is 0 Å². The molecule has 2 aliphatic rings. The number of benzene rings is 2. The number of piperidine rings is 1. The van der Waals surface area contributed by atoms with E-state index >= 15 is 0 Å². The molecule has 0 radical (unpaired) electrons. The third-order valence-corrected chi connectivity index (χ3v) is 10.6. The maximum atomic E-state index is 14.7. The zero-order chi connectivity index (χ0) is 36.4. The summed E-state index contributed by atoms with van der Waals surface area (Å²) in [6.45, 7) is 6.19. The topological polar surface area (TPSA) is 124 Å². The number of nitrogens with one attached hydrogen (secondary N) is 2. The van der Waals surface area contributed by atoms with Crippen molar-refractivity contribution >= 4 is 28.5 Å². The highest BCUT2D eigenvalue weighted by atomic mass is 16.5. The van der Waals surface area contributed by atoms with Crippen LogP contribution in [0, 0.1) is 5.92 Å². The number of methoxy groups -OCH3 is 3. The second-order valence-electron chi connectivity index (χ2n) is 13.7. The average molecular weight is 696 g/mol. The van der Waals surface area contributed by atoms with E-state index in [1.54, 1.807) is 33.5 Å². The lowest BCUT2D eigenvalue weighted by Crippen LogP contribution is -2.50. The summed E-state index contributed by atoms with van der Waals surface area (Å²) in [6, 6.07) is 13.9. The molecule has 2 amide bonds. The van der Waals surface area contributed by atoms with Crippen molar-refractivity contribution < 1.29 is 23.8 Å². The Morgan fingerprint density at radius 2 is 1.76 bits per heavy atom. The van der Waals surface area contributed by atoms with E-state index in [0.717, 1.165) is 59.2 Å². The van der Waals surface area contributed by atoms with Gasteiger partial charge in [0.15, 0.2) is 11.5 Å². The minimum absolute atomic E-state index is 0.0476. The number of hydrogen-bond donors (Lipinski definition) is 2. The van der Waals surface area contributed by atoms with Gasteiger partial charge in [0, 0.05) is 26.1 Å². The van der Waals surface area contributed by atoms with Crippen LogP contribution < -0.4 is 30.3 Å². The molecule has 2 heterocycles. The van der Waals surface area contributed by atoms with Gasteiger partial charge in [-0.25, -0.2) is 4.98 Å². The van der Waals surface area contributed by atoms with E-state index in [-0.39, 0.29) is 29.2 Å². The van der Waals surface area contributed by atoms with E-state index < -0.39 is 12.1 Å². The van der Waals surface area contributed by atoms with Crippen molar-refractivity contribution in [2.45, 2.75) is 77.4 Å². The second-order valence-corrected chi connectivity index (χ2v) is 13.7. The molecule has 1 aliphatic carbocycles. The molecule has 0 bridgehead atoms. The molecule has 1 fully saturated rings. The summed E-state index contributed by atoms with van der Waals surface area (Å²) in [5, 5.41) is 6.48. The van der Waals surface area contributed by atoms with Gasteiger partial charge < -0.3 is 34.3 Å². The minimum atomic E-state index is -0.655. The number of para-hydroxylation sites is 2. The monoisotopic (exact) mass is 695 g/mol. The van der Waals surface area contributed by atoms with Crippen LogP contribution in [0.5, 0.6) is 17.2 Å². The van der Waals surface area contributed by atoms with Crippen LogP contribution in [0.1, 0.15) is 81.9 Å². The smallest absolute Gasteiger partial charge is 0.245 e. The number of aromatic nitrogens is 2. The number of fused-ring (bicyclic) bond motifs is 4. The molecule has 51 heavy (non-hydrogen) atoms. The van der Waals surface area contributed by atoms with Crippen LogP contribution in [0.4, 0.5) is 5.69 Å². The van der Waals surface area contributed by atoms with Gasteiger partial charge in [-0.1, -0.05) is 38.5 Å². The molecule has 6 rings (SSSR count). The Bertz CT molecular complexity index is 2010. The van der Waals surface area contributed by atoms with Crippen LogP contribution >= 0.6 is 0 Å². The van der Waals surface area contributed by atoms with Gasteiger partial charge in [-0.05, 0) is 85.0 Å². The summed E-state index contributed by atoms with van der Waals surface area (Å²) in [7, 11) is 6.72. The van der Waals surface area contributed by atoms with Crippen molar-refractivity contribution in [3.63, 3.8) is 0 Å². The molecule has 0 spiro atoms. The quantitative estimate of drug-likeness (QED) is 0.197. The Morgan fingerprint density at radius 3 is 2.45 bits per heavy atom. The largest absolute Gasteiger partial charge is 0.493 e. The van der Waals surface area contributed by atoms with Crippen LogP contribution in [-0.2, 0) is 23.1 Å². The lowest BCUT2D eigenvalue weighted by molar-refractivity contribution is -0.137. The Morgan fingerprint density at radius 1 is 1.00 bits per heavy atom.